The van der Waals surface area contributed by atoms with Crippen molar-refractivity contribution in [2.75, 3.05) is 30.4 Å². The van der Waals surface area contributed by atoms with Crippen LogP contribution in [0.4, 0.5) is 11.4 Å². The van der Waals surface area contributed by atoms with Gasteiger partial charge >= 0.3 is 0 Å². The molecule has 1 atom stereocenters. The molecule has 0 aliphatic rings. The van der Waals surface area contributed by atoms with Gasteiger partial charge in [-0.05, 0) is 48.4 Å². The smallest absolute Gasteiger partial charge is 0.227 e. The van der Waals surface area contributed by atoms with E-state index in [1.807, 2.05) is 11.9 Å². The van der Waals surface area contributed by atoms with Gasteiger partial charge in [0, 0.05) is 30.5 Å². The van der Waals surface area contributed by atoms with Gasteiger partial charge in [0.1, 0.15) is 18.2 Å². The molecule has 162 valence electrons. The van der Waals surface area contributed by atoms with Crippen molar-refractivity contribution in [3.8, 4) is 0 Å². The van der Waals surface area contributed by atoms with Gasteiger partial charge in [-0.3, -0.25) is 10.2 Å². The molecule has 0 heterocycles. The number of carbonyl (C=O) groups is 2. The van der Waals surface area contributed by atoms with Gasteiger partial charge < -0.3 is 31.0 Å². The minimum atomic E-state index is -1.29. The fourth-order valence-corrected chi connectivity index (χ4v) is 2.45. The lowest BCUT2D eigenvalue weighted by molar-refractivity contribution is -0.123. The van der Waals surface area contributed by atoms with Crippen molar-refractivity contribution in [1.82, 2.24) is 0 Å². The highest BCUT2D eigenvalue weighted by Gasteiger charge is 2.09. The molecule has 0 fully saturated rings. The predicted octanol–water partition coefficient (Wildman–Crippen LogP) is 1.54. The van der Waals surface area contributed by atoms with Crippen molar-refractivity contribution in [2.45, 2.75) is 25.9 Å². The first-order valence-corrected chi connectivity index (χ1v) is 9.59. The molecule has 0 spiro atoms. The first-order chi connectivity index (χ1) is 14.3. The van der Waals surface area contributed by atoms with Gasteiger partial charge in [-0.25, -0.2) is 0 Å². The van der Waals surface area contributed by atoms with Crippen molar-refractivity contribution in [3.63, 3.8) is 0 Å². The van der Waals surface area contributed by atoms with E-state index in [4.69, 9.17) is 21.4 Å². The van der Waals surface area contributed by atoms with Crippen LogP contribution in [0.3, 0.4) is 0 Å². The van der Waals surface area contributed by atoms with Crippen molar-refractivity contribution in [3.05, 3.63) is 59.7 Å². The highest BCUT2D eigenvalue weighted by Crippen LogP contribution is 2.13. The van der Waals surface area contributed by atoms with Gasteiger partial charge in [-0.2, -0.15) is 0 Å². The summed E-state index contributed by atoms with van der Waals surface area (Å²) in [6.07, 6.45) is -0.188. The van der Waals surface area contributed by atoms with Crippen LogP contribution in [-0.4, -0.2) is 54.5 Å². The van der Waals surface area contributed by atoms with Crippen LogP contribution < -0.4 is 16.0 Å². The molecule has 0 bridgehead atoms. The molecule has 8 nitrogen and oxygen atoms in total. The number of nitrogens with one attached hydrogen (secondary N) is 2. The average molecular weight is 415 g/mol. The van der Waals surface area contributed by atoms with Crippen LogP contribution in [0.2, 0.25) is 0 Å². The number of likely N-dealkylation sites (N-methyl/N-ethyl adjacent to an activating group) is 1. The predicted molar refractivity (Wildman–Crippen MR) is 119 cm³/mol. The zero-order chi connectivity index (χ0) is 22.5. The lowest BCUT2D eigenvalue weighted by Gasteiger charge is -2.17. The van der Waals surface area contributed by atoms with Gasteiger partial charge in [0.25, 0.3) is 0 Å². The Bertz CT molecular complexity index is 807. The molecule has 2 rings (SSSR count). The third kappa shape index (κ3) is 8.85. The number of hydrogen-bond acceptors (Lipinski definition) is 6. The molecule has 0 saturated carbocycles. The number of benzene rings is 2. The second-order valence-electron chi connectivity index (χ2n) is 6.61. The molecule has 0 saturated heterocycles. The molecule has 6 N–H and O–H groups in total. The largest absolute Gasteiger partial charge is 0.395 e. The Balaban J connectivity index is 0.000000311. The Morgan fingerprint density at radius 3 is 2.27 bits per heavy atom. The number of aliphatic hydroxyl groups is 2. The summed E-state index contributed by atoms with van der Waals surface area (Å²) in [5.74, 6) is -0.514. The maximum absolute atomic E-state index is 11.3. The SMILES string of the molecule is CCc1ccc(N(C)CCO)cc1.N=C(N)c1ccc(NC(=O)CC(O)C=O)cc1. The topological polar surface area (TPSA) is 140 Å². The number of rotatable bonds is 9. The molecule has 2 aromatic rings. The maximum Gasteiger partial charge on any atom is 0.227 e. The molecule has 1 amide bonds. The van der Waals surface area contributed by atoms with E-state index >= 15 is 0 Å². The van der Waals surface area contributed by atoms with E-state index in [2.05, 4.69) is 36.5 Å². The Hall–Kier alpha value is -3.23. The monoisotopic (exact) mass is 414 g/mol. The van der Waals surface area contributed by atoms with Crippen LogP contribution >= 0.6 is 0 Å². The zero-order valence-electron chi connectivity index (χ0n) is 17.3. The highest BCUT2D eigenvalue weighted by atomic mass is 16.3. The maximum atomic E-state index is 11.3. The van der Waals surface area contributed by atoms with Crippen LogP contribution in [0.5, 0.6) is 0 Å². The number of aryl methyl sites for hydroxylation is 1. The number of amidine groups is 1. The quantitative estimate of drug-likeness (QED) is 0.240. The molecule has 0 aliphatic carbocycles. The minimum absolute atomic E-state index is 0.0562. The molecular formula is C22H30N4O4. The molecule has 1 unspecified atom stereocenters. The van der Waals surface area contributed by atoms with Crippen LogP contribution in [0.1, 0.15) is 24.5 Å². The number of hydrogen-bond donors (Lipinski definition) is 5. The highest BCUT2D eigenvalue weighted by molar-refractivity contribution is 5.96. The van der Waals surface area contributed by atoms with E-state index in [-0.39, 0.29) is 18.9 Å². The van der Waals surface area contributed by atoms with E-state index in [9.17, 15) is 9.59 Å². The van der Waals surface area contributed by atoms with Crippen molar-refractivity contribution >= 4 is 29.4 Å². The lowest BCUT2D eigenvalue weighted by Crippen LogP contribution is -2.20. The first-order valence-electron chi connectivity index (χ1n) is 9.59. The number of amides is 1. The fourth-order valence-electron chi connectivity index (χ4n) is 2.45. The Morgan fingerprint density at radius 1 is 1.20 bits per heavy atom. The van der Waals surface area contributed by atoms with E-state index < -0.39 is 12.0 Å². The number of aliphatic hydroxyl groups excluding tert-OH is 2. The van der Waals surface area contributed by atoms with Gasteiger partial charge in [0.15, 0.2) is 0 Å². The summed E-state index contributed by atoms with van der Waals surface area (Å²) in [7, 11) is 1.98. The summed E-state index contributed by atoms with van der Waals surface area (Å²) in [5.41, 5.74) is 8.84. The first kappa shape index (κ1) is 24.8. The van der Waals surface area contributed by atoms with E-state index in [1.165, 1.54) is 5.56 Å². The van der Waals surface area contributed by atoms with Crippen molar-refractivity contribution in [2.24, 2.45) is 5.73 Å². The van der Waals surface area contributed by atoms with Gasteiger partial charge in [-0.15, -0.1) is 0 Å². The summed E-state index contributed by atoms with van der Waals surface area (Å²) < 4.78 is 0. The molecule has 0 aromatic heterocycles. The second-order valence-corrected chi connectivity index (χ2v) is 6.61. The molecule has 0 aliphatic heterocycles. The third-order valence-electron chi connectivity index (χ3n) is 4.25. The van der Waals surface area contributed by atoms with Crippen molar-refractivity contribution < 1.29 is 19.8 Å². The number of nitrogens with two attached hydrogens (primary N) is 1. The van der Waals surface area contributed by atoms with E-state index in [0.717, 1.165) is 12.1 Å². The standard InChI is InChI=1S/C11H13N3O3.C11H17NO/c12-11(13)7-1-3-8(4-2-7)14-10(17)5-9(16)6-15;1-3-10-4-6-11(7-5-10)12(2)8-9-13/h1-4,6,9,16H,5H2,(H3,12,13)(H,14,17);4-7,13H,3,8-9H2,1-2H3. The fraction of sp³-hybridized carbons (Fsp3) is 0.318. The van der Waals surface area contributed by atoms with E-state index in [0.29, 0.717) is 24.1 Å². The number of nitrogen functional groups attached to an aromatic ring is 1. The molecular weight excluding hydrogens is 384 g/mol. The number of carbonyl (C=O) groups excluding carboxylic acids is 2. The number of anilines is 2. The summed E-state index contributed by atoms with van der Waals surface area (Å²) in [6.45, 7) is 3.03. The van der Waals surface area contributed by atoms with Crippen LogP contribution in [0, 0.1) is 5.41 Å². The van der Waals surface area contributed by atoms with Crippen LogP contribution in [-0.2, 0) is 16.0 Å². The Kier molecular flexibility index (Phi) is 10.8. The molecule has 2 aromatic carbocycles. The van der Waals surface area contributed by atoms with Gasteiger partial charge in [0.2, 0.25) is 5.91 Å². The minimum Gasteiger partial charge on any atom is -0.395 e. The van der Waals surface area contributed by atoms with Crippen LogP contribution in [0.15, 0.2) is 48.5 Å². The van der Waals surface area contributed by atoms with E-state index in [1.54, 1.807) is 24.3 Å². The molecule has 8 heteroatoms. The van der Waals surface area contributed by atoms with Gasteiger partial charge in [0.05, 0.1) is 13.0 Å². The summed E-state index contributed by atoms with van der Waals surface area (Å²) in [6, 6.07) is 14.8. The molecule has 30 heavy (non-hydrogen) atoms. The zero-order valence-corrected chi connectivity index (χ0v) is 17.3. The summed E-state index contributed by atoms with van der Waals surface area (Å²) in [5, 5.41) is 27.4. The third-order valence-corrected chi connectivity index (χ3v) is 4.25. The molecule has 0 radical (unpaired) electrons. The number of nitrogens with zero attached hydrogens (tertiary/aromatic N) is 1. The summed E-state index contributed by atoms with van der Waals surface area (Å²) >= 11 is 0. The lowest BCUT2D eigenvalue weighted by atomic mass is 10.1. The van der Waals surface area contributed by atoms with Crippen molar-refractivity contribution in [1.29, 1.82) is 5.41 Å². The Labute approximate surface area is 176 Å². The average Bonchev–Trinajstić information content (AvgIpc) is 2.74. The van der Waals surface area contributed by atoms with Crippen LogP contribution in [0.25, 0.3) is 0 Å². The summed E-state index contributed by atoms with van der Waals surface area (Å²) in [4.78, 5) is 23.5. The van der Waals surface area contributed by atoms with Gasteiger partial charge in [-0.1, -0.05) is 19.1 Å². The normalized spacial score (nSPS) is 10.9. The second kappa shape index (κ2) is 13.1. The number of aldehydes is 1. The Morgan fingerprint density at radius 2 is 1.80 bits per heavy atom.